The lowest BCUT2D eigenvalue weighted by Gasteiger charge is -2.15. The first-order valence-electron chi connectivity index (χ1n) is 3.97. The molecule has 1 saturated carbocycles. The lowest BCUT2D eigenvalue weighted by Crippen LogP contribution is -2.22. The molecule has 0 saturated heterocycles. The summed E-state index contributed by atoms with van der Waals surface area (Å²) < 4.78 is 4.25. The monoisotopic (exact) mass is 145 g/mol. The molecule has 0 aromatic heterocycles. The smallest absolute Gasteiger partial charge is 0.0351 e. The van der Waals surface area contributed by atoms with Crippen LogP contribution in [0.3, 0.4) is 0 Å². The Kier molecular flexibility index (Phi) is 6.98. The highest BCUT2D eigenvalue weighted by Crippen LogP contribution is 2.14. The van der Waals surface area contributed by atoms with Crippen molar-refractivity contribution in [3.8, 4) is 0 Å². The summed E-state index contributed by atoms with van der Waals surface area (Å²) in [6, 6.07) is 0.536. The van der Waals surface area contributed by atoms with Crippen LogP contribution in [0.5, 0.6) is 0 Å². The normalized spacial score (nSPS) is 19.5. The first kappa shape index (κ1) is 9.92. The van der Waals surface area contributed by atoms with E-state index in [-0.39, 0.29) is 0 Å². The quantitative estimate of drug-likeness (QED) is 0.561. The minimum absolute atomic E-state index is 0.536. The Balaban J connectivity index is 0.000000236. The second kappa shape index (κ2) is 7.03. The largest absolute Gasteiger partial charge is 0.388 e. The minimum atomic E-state index is 0.536. The lowest BCUT2D eigenvalue weighted by atomic mass is 9.97. The molecule has 1 fully saturated rings. The SMILES string of the molecule is COC.NC1CCCCC1. The van der Waals surface area contributed by atoms with Crippen molar-refractivity contribution in [3.63, 3.8) is 0 Å². The van der Waals surface area contributed by atoms with Crippen molar-refractivity contribution in [1.82, 2.24) is 0 Å². The van der Waals surface area contributed by atoms with Gasteiger partial charge in [-0.25, -0.2) is 0 Å². The summed E-state index contributed by atoms with van der Waals surface area (Å²) in [5.41, 5.74) is 5.63. The highest BCUT2D eigenvalue weighted by atomic mass is 16.4. The Morgan fingerprint density at radius 3 is 1.70 bits per heavy atom. The van der Waals surface area contributed by atoms with Gasteiger partial charge >= 0.3 is 0 Å². The first-order valence-corrected chi connectivity index (χ1v) is 3.97. The summed E-state index contributed by atoms with van der Waals surface area (Å²) in [4.78, 5) is 0. The average molecular weight is 145 g/mol. The van der Waals surface area contributed by atoms with Gasteiger partial charge in [0.2, 0.25) is 0 Å². The van der Waals surface area contributed by atoms with Gasteiger partial charge in [0.25, 0.3) is 0 Å². The zero-order valence-corrected chi connectivity index (χ0v) is 7.10. The zero-order valence-electron chi connectivity index (χ0n) is 7.10. The van der Waals surface area contributed by atoms with E-state index < -0.39 is 0 Å². The summed E-state index contributed by atoms with van der Waals surface area (Å²) in [6.07, 6.45) is 6.66. The molecule has 0 unspecified atom stereocenters. The van der Waals surface area contributed by atoms with Gasteiger partial charge in [0.05, 0.1) is 0 Å². The highest BCUT2D eigenvalue weighted by molar-refractivity contribution is 4.66. The van der Waals surface area contributed by atoms with Crippen molar-refractivity contribution in [2.45, 2.75) is 38.1 Å². The van der Waals surface area contributed by atoms with E-state index >= 15 is 0 Å². The third kappa shape index (κ3) is 6.05. The van der Waals surface area contributed by atoms with Gasteiger partial charge in [0.15, 0.2) is 0 Å². The standard InChI is InChI=1S/C6H13N.C2H6O/c7-6-4-2-1-3-5-6;1-3-2/h6H,1-5,7H2;1-2H3. The van der Waals surface area contributed by atoms with Crippen LogP contribution in [0.1, 0.15) is 32.1 Å². The van der Waals surface area contributed by atoms with Gasteiger partial charge in [-0.1, -0.05) is 19.3 Å². The van der Waals surface area contributed by atoms with Crippen LogP contribution in [-0.2, 0) is 4.74 Å². The second-order valence-electron chi connectivity index (χ2n) is 2.81. The van der Waals surface area contributed by atoms with E-state index in [0.29, 0.717) is 6.04 Å². The molecule has 1 rings (SSSR count). The van der Waals surface area contributed by atoms with Crippen molar-refractivity contribution in [3.05, 3.63) is 0 Å². The maximum absolute atomic E-state index is 5.63. The molecule has 0 radical (unpaired) electrons. The number of ether oxygens (including phenoxy) is 1. The van der Waals surface area contributed by atoms with Crippen LogP contribution in [0, 0.1) is 0 Å². The molecule has 0 bridgehead atoms. The molecular weight excluding hydrogens is 126 g/mol. The lowest BCUT2D eigenvalue weighted by molar-refractivity contribution is 0.277. The predicted octanol–water partition coefficient (Wildman–Crippen LogP) is 1.54. The van der Waals surface area contributed by atoms with Crippen LogP contribution >= 0.6 is 0 Å². The van der Waals surface area contributed by atoms with Gasteiger partial charge in [-0.15, -0.1) is 0 Å². The molecule has 0 heterocycles. The van der Waals surface area contributed by atoms with Crippen LogP contribution in [0.15, 0.2) is 0 Å². The van der Waals surface area contributed by atoms with E-state index in [4.69, 9.17) is 5.73 Å². The molecule has 1 aliphatic rings. The molecule has 0 aromatic rings. The Labute approximate surface area is 63.7 Å². The van der Waals surface area contributed by atoms with Crippen LogP contribution in [0.25, 0.3) is 0 Å². The topological polar surface area (TPSA) is 35.2 Å². The molecule has 2 N–H and O–H groups in total. The van der Waals surface area contributed by atoms with Crippen molar-refractivity contribution in [1.29, 1.82) is 0 Å². The molecule has 62 valence electrons. The predicted molar refractivity (Wildman–Crippen MR) is 44.0 cm³/mol. The fourth-order valence-corrected chi connectivity index (χ4v) is 1.13. The minimum Gasteiger partial charge on any atom is -0.388 e. The summed E-state index contributed by atoms with van der Waals surface area (Å²) >= 11 is 0. The van der Waals surface area contributed by atoms with E-state index in [9.17, 15) is 0 Å². The average Bonchev–Trinajstić information content (AvgIpc) is 1.91. The van der Waals surface area contributed by atoms with Crippen LogP contribution in [0.2, 0.25) is 0 Å². The van der Waals surface area contributed by atoms with Crippen molar-refractivity contribution < 1.29 is 4.74 Å². The fraction of sp³-hybridized carbons (Fsp3) is 1.00. The maximum Gasteiger partial charge on any atom is 0.0351 e. The second-order valence-corrected chi connectivity index (χ2v) is 2.81. The van der Waals surface area contributed by atoms with E-state index in [1.54, 1.807) is 14.2 Å². The Bertz CT molecular complexity index is 60.3. The van der Waals surface area contributed by atoms with E-state index in [0.717, 1.165) is 0 Å². The van der Waals surface area contributed by atoms with Gasteiger partial charge < -0.3 is 10.5 Å². The summed E-state index contributed by atoms with van der Waals surface area (Å²) in [5, 5.41) is 0. The number of methoxy groups -OCH3 is 1. The molecule has 0 aliphatic heterocycles. The van der Waals surface area contributed by atoms with Crippen LogP contribution < -0.4 is 5.73 Å². The van der Waals surface area contributed by atoms with Gasteiger partial charge in [-0.05, 0) is 12.8 Å². The van der Waals surface area contributed by atoms with Gasteiger partial charge in [-0.2, -0.15) is 0 Å². The number of hydrogen-bond donors (Lipinski definition) is 1. The van der Waals surface area contributed by atoms with Gasteiger partial charge in [0.1, 0.15) is 0 Å². The number of hydrogen-bond acceptors (Lipinski definition) is 2. The summed E-state index contributed by atoms with van der Waals surface area (Å²) in [5.74, 6) is 0. The molecule has 0 atom stereocenters. The fourth-order valence-electron chi connectivity index (χ4n) is 1.13. The molecule has 1 aliphatic carbocycles. The molecule has 0 amide bonds. The van der Waals surface area contributed by atoms with Crippen molar-refractivity contribution >= 4 is 0 Å². The summed E-state index contributed by atoms with van der Waals surface area (Å²) in [6.45, 7) is 0. The Hall–Kier alpha value is -0.0800. The van der Waals surface area contributed by atoms with E-state index in [2.05, 4.69) is 4.74 Å². The molecule has 2 nitrogen and oxygen atoms in total. The van der Waals surface area contributed by atoms with Gasteiger partial charge in [-0.3, -0.25) is 0 Å². The maximum atomic E-state index is 5.63. The third-order valence-corrected chi connectivity index (χ3v) is 1.65. The summed E-state index contributed by atoms with van der Waals surface area (Å²) in [7, 11) is 3.25. The molecule has 2 heteroatoms. The van der Waals surface area contributed by atoms with Crippen LogP contribution in [0.4, 0.5) is 0 Å². The third-order valence-electron chi connectivity index (χ3n) is 1.65. The highest BCUT2D eigenvalue weighted by Gasteiger charge is 2.06. The zero-order chi connectivity index (χ0) is 7.82. The van der Waals surface area contributed by atoms with E-state index in [1.807, 2.05) is 0 Å². The molecular formula is C8H19NO. The van der Waals surface area contributed by atoms with E-state index in [1.165, 1.54) is 32.1 Å². The first-order chi connectivity index (χ1) is 4.81. The van der Waals surface area contributed by atoms with Gasteiger partial charge in [0, 0.05) is 20.3 Å². The Morgan fingerprint density at radius 1 is 1.10 bits per heavy atom. The van der Waals surface area contributed by atoms with Crippen molar-refractivity contribution in [2.24, 2.45) is 5.73 Å². The molecule has 0 spiro atoms. The van der Waals surface area contributed by atoms with Crippen molar-refractivity contribution in [2.75, 3.05) is 14.2 Å². The van der Waals surface area contributed by atoms with Crippen LogP contribution in [-0.4, -0.2) is 20.3 Å². The number of rotatable bonds is 0. The number of nitrogens with two attached hydrogens (primary N) is 1. The molecule has 0 aromatic carbocycles. The Morgan fingerprint density at radius 2 is 1.50 bits per heavy atom. The molecule has 10 heavy (non-hydrogen) atoms.